The van der Waals surface area contributed by atoms with E-state index in [0.717, 1.165) is 32.4 Å². The van der Waals surface area contributed by atoms with Gasteiger partial charge in [0.05, 0.1) is 12.1 Å². The third-order valence-electron chi connectivity index (χ3n) is 8.30. The Balaban J connectivity index is 1.62. The first kappa shape index (κ1) is 30.4. The fourth-order valence-corrected chi connectivity index (χ4v) is 6.30. The molecule has 1 aromatic rings. The van der Waals surface area contributed by atoms with Crippen LogP contribution in [0.15, 0.2) is 24.3 Å². The van der Waals surface area contributed by atoms with Crippen LogP contribution in [-0.4, -0.2) is 107 Å². The van der Waals surface area contributed by atoms with Crippen molar-refractivity contribution in [3.05, 3.63) is 29.8 Å². The lowest BCUT2D eigenvalue weighted by molar-refractivity contribution is -0.182. The number of carbonyl (C=O) groups is 3. The molecular weight excluding hydrogens is 510 g/mol. The molecule has 0 aliphatic carbocycles. The van der Waals surface area contributed by atoms with Crippen molar-refractivity contribution in [3.63, 3.8) is 0 Å². The average Bonchev–Trinajstić information content (AvgIpc) is 3.48. The van der Waals surface area contributed by atoms with Crippen LogP contribution < -0.4 is 10.1 Å². The molecule has 2 amide bonds. The van der Waals surface area contributed by atoms with Crippen LogP contribution in [0.3, 0.4) is 0 Å². The number of β-amino-alcohol motifs (C(OH)–C–C–N with tert-alkyl or cyclic N) is 1. The molecule has 10 heteroatoms. The minimum atomic E-state index is -0.723. The summed E-state index contributed by atoms with van der Waals surface area (Å²) in [7, 11) is 1.56. The van der Waals surface area contributed by atoms with Crippen LogP contribution in [0.4, 0.5) is 0 Å². The second kappa shape index (κ2) is 13.0. The zero-order chi connectivity index (χ0) is 29.0. The predicted molar refractivity (Wildman–Crippen MR) is 152 cm³/mol. The number of ketones is 1. The number of likely N-dealkylation sites (tertiary alicyclic amines) is 1. The van der Waals surface area contributed by atoms with Crippen molar-refractivity contribution in [3.8, 4) is 5.75 Å². The Morgan fingerprint density at radius 1 is 1.07 bits per heavy atom. The summed E-state index contributed by atoms with van der Waals surface area (Å²) >= 11 is 0. The number of benzene rings is 1. The molecule has 0 bridgehead atoms. The molecular formula is C30H47N5O5. The van der Waals surface area contributed by atoms with Crippen LogP contribution in [0.5, 0.6) is 5.75 Å². The van der Waals surface area contributed by atoms with Crippen LogP contribution in [0.2, 0.25) is 0 Å². The third-order valence-corrected chi connectivity index (χ3v) is 8.30. The average molecular weight is 558 g/mol. The quantitative estimate of drug-likeness (QED) is 0.493. The normalized spacial score (nSPS) is 25.9. The summed E-state index contributed by atoms with van der Waals surface area (Å²) in [6.45, 7) is 10.6. The van der Waals surface area contributed by atoms with E-state index >= 15 is 0 Å². The summed E-state index contributed by atoms with van der Waals surface area (Å²) in [5, 5.41) is 19.9. The van der Waals surface area contributed by atoms with Gasteiger partial charge in [-0.05, 0) is 37.3 Å². The van der Waals surface area contributed by atoms with Gasteiger partial charge in [0.25, 0.3) is 0 Å². The van der Waals surface area contributed by atoms with E-state index in [4.69, 9.17) is 4.74 Å². The monoisotopic (exact) mass is 557 g/mol. The number of hydrogen-bond donors (Lipinski definition) is 2. The highest BCUT2D eigenvalue weighted by atomic mass is 16.5. The predicted octanol–water partition coefficient (Wildman–Crippen LogP) is 2.47. The molecule has 1 aromatic carbocycles. The number of amides is 2. The molecule has 3 saturated heterocycles. The molecule has 0 spiro atoms. The summed E-state index contributed by atoms with van der Waals surface area (Å²) in [5.74, 6) is 0.276. The summed E-state index contributed by atoms with van der Waals surface area (Å²) in [5.41, 5.74) is 0.180. The van der Waals surface area contributed by atoms with Crippen molar-refractivity contribution >= 4 is 17.6 Å². The largest absolute Gasteiger partial charge is 0.492 e. The molecule has 3 aliphatic rings. The summed E-state index contributed by atoms with van der Waals surface area (Å²) in [6.07, 6.45) is 5.11. The standard InChI is InChI=1S/C30H47N5O5/c1-21(36)22-12-11-13-25(16-22)40-20-23-18-34(35-15-10-8-6-7-9-14-33(23)35)27(30(2,3)4)29(39)32-19-24(37)17-26(32)28(38)31-5/h11-13,16,23-24,26-27,37H,6-10,14-15,17-20H2,1-5H3,(H,31,38)/t23?,24-,26+,27-/m1/s1. The number of rotatable bonds is 7. The van der Waals surface area contributed by atoms with E-state index in [1.807, 2.05) is 12.1 Å². The molecule has 4 atom stereocenters. The molecule has 3 heterocycles. The van der Waals surface area contributed by atoms with Crippen LogP contribution >= 0.6 is 0 Å². The molecule has 3 fully saturated rings. The van der Waals surface area contributed by atoms with Gasteiger partial charge in [-0.2, -0.15) is 5.12 Å². The van der Waals surface area contributed by atoms with Crippen molar-refractivity contribution in [2.45, 2.75) is 90.4 Å². The Labute approximate surface area is 238 Å². The van der Waals surface area contributed by atoms with Gasteiger partial charge in [0.15, 0.2) is 5.78 Å². The molecule has 222 valence electrons. The summed E-state index contributed by atoms with van der Waals surface area (Å²) in [6, 6.07) is 6.08. The first-order valence-corrected chi connectivity index (χ1v) is 14.8. The highest BCUT2D eigenvalue weighted by Gasteiger charge is 2.51. The van der Waals surface area contributed by atoms with Gasteiger partial charge >= 0.3 is 0 Å². The molecule has 0 aromatic heterocycles. The second-order valence-corrected chi connectivity index (χ2v) is 12.5. The highest BCUT2D eigenvalue weighted by Crippen LogP contribution is 2.35. The summed E-state index contributed by atoms with van der Waals surface area (Å²) < 4.78 is 6.26. The maximum absolute atomic E-state index is 14.3. The molecule has 0 radical (unpaired) electrons. The Morgan fingerprint density at radius 2 is 1.77 bits per heavy atom. The van der Waals surface area contributed by atoms with Gasteiger partial charge in [0.1, 0.15) is 24.4 Å². The number of hydrazine groups is 2. The van der Waals surface area contributed by atoms with Crippen molar-refractivity contribution < 1.29 is 24.2 Å². The van der Waals surface area contributed by atoms with Crippen LogP contribution in [0.25, 0.3) is 0 Å². The molecule has 0 saturated carbocycles. The molecule has 40 heavy (non-hydrogen) atoms. The lowest BCUT2D eigenvalue weighted by Crippen LogP contribution is -2.61. The van der Waals surface area contributed by atoms with E-state index in [-0.39, 0.29) is 36.6 Å². The number of Topliss-reactive ketones (excluding diaryl/α,β-unsaturated/α-hetero) is 1. The van der Waals surface area contributed by atoms with Crippen LogP contribution in [-0.2, 0) is 9.59 Å². The maximum Gasteiger partial charge on any atom is 0.242 e. The minimum Gasteiger partial charge on any atom is -0.492 e. The van der Waals surface area contributed by atoms with Gasteiger partial charge in [-0.1, -0.05) is 52.2 Å². The number of fused-ring (bicyclic) bond motifs is 1. The first-order chi connectivity index (χ1) is 19.0. The zero-order valence-electron chi connectivity index (χ0n) is 24.8. The van der Waals surface area contributed by atoms with E-state index in [1.165, 1.54) is 12.8 Å². The van der Waals surface area contributed by atoms with E-state index in [9.17, 15) is 19.5 Å². The zero-order valence-corrected chi connectivity index (χ0v) is 24.8. The van der Waals surface area contributed by atoms with Gasteiger partial charge < -0.3 is 20.1 Å². The van der Waals surface area contributed by atoms with Crippen molar-refractivity contribution in [2.24, 2.45) is 5.41 Å². The van der Waals surface area contributed by atoms with Gasteiger partial charge in [0.2, 0.25) is 11.8 Å². The van der Waals surface area contributed by atoms with Gasteiger partial charge in [-0.25, -0.2) is 10.0 Å². The minimum absolute atomic E-state index is 0.00249. The Hall–Kier alpha value is -2.53. The van der Waals surface area contributed by atoms with E-state index in [1.54, 1.807) is 31.0 Å². The van der Waals surface area contributed by atoms with Crippen LogP contribution in [0, 0.1) is 5.41 Å². The van der Waals surface area contributed by atoms with Gasteiger partial charge in [-0.15, -0.1) is 0 Å². The highest BCUT2D eigenvalue weighted by molar-refractivity contribution is 5.94. The smallest absolute Gasteiger partial charge is 0.242 e. The summed E-state index contributed by atoms with van der Waals surface area (Å²) in [4.78, 5) is 40.5. The molecule has 10 nitrogen and oxygen atoms in total. The lowest BCUT2D eigenvalue weighted by Gasteiger charge is -2.44. The van der Waals surface area contributed by atoms with Crippen molar-refractivity contribution in [1.82, 2.24) is 25.4 Å². The number of aliphatic hydroxyl groups excluding tert-OH is 1. The van der Waals surface area contributed by atoms with Crippen molar-refractivity contribution in [1.29, 1.82) is 0 Å². The molecule has 1 unspecified atom stereocenters. The number of nitrogens with one attached hydrogen (secondary N) is 1. The molecule has 4 rings (SSSR count). The number of aliphatic hydroxyl groups is 1. The number of ether oxygens (including phenoxy) is 1. The number of hydrogen-bond acceptors (Lipinski definition) is 8. The number of nitrogens with zero attached hydrogens (tertiary/aromatic N) is 4. The lowest BCUT2D eigenvalue weighted by atomic mass is 9.85. The maximum atomic E-state index is 14.3. The number of carbonyl (C=O) groups excluding carboxylic acids is 3. The Kier molecular flexibility index (Phi) is 9.87. The molecule has 3 aliphatic heterocycles. The molecule has 2 N–H and O–H groups in total. The first-order valence-electron chi connectivity index (χ1n) is 14.8. The van der Waals surface area contributed by atoms with Gasteiger partial charge in [-0.3, -0.25) is 14.4 Å². The van der Waals surface area contributed by atoms with Gasteiger partial charge in [0, 0.05) is 45.2 Å². The number of likely N-dealkylation sites (N-methyl/N-ethyl adjacent to an activating group) is 1. The SMILES string of the molecule is CNC(=O)[C@@H]1C[C@@H](O)CN1C(=O)[C@@H](N1CC(COc2cccc(C(C)=O)c2)N2CCCCCCCN21)C(C)(C)C. The van der Waals surface area contributed by atoms with Crippen molar-refractivity contribution in [2.75, 3.05) is 39.8 Å². The van der Waals surface area contributed by atoms with Crippen LogP contribution in [0.1, 0.15) is 76.6 Å². The second-order valence-electron chi connectivity index (χ2n) is 12.5. The Bertz CT molecular complexity index is 1060. The van der Waals surface area contributed by atoms with E-state index in [2.05, 4.69) is 41.2 Å². The fraction of sp³-hybridized carbons (Fsp3) is 0.700. The topological polar surface area (TPSA) is 106 Å². The van der Waals surface area contributed by atoms with E-state index in [0.29, 0.717) is 24.5 Å². The van der Waals surface area contributed by atoms with E-state index < -0.39 is 23.6 Å². The fourth-order valence-electron chi connectivity index (χ4n) is 6.30. The third kappa shape index (κ3) is 6.84. The Morgan fingerprint density at radius 3 is 2.45 bits per heavy atom.